The van der Waals surface area contributed by atoms with Gasteiger partial charge in [0, 0.05) is 31.5 Å². The molecule has 2 aliphatic rings. The van der Waals surface area contributed by atoms with Crippen LogP contribution in [0.2, 0.25) is 0 Å². The Hall–Kier alpha value is -2.93. The summed E-state index contributed by atoms with van der Waals surface area (Å²) in [5.74, 6) is 0. The largest absolute Gasteiger partial charge is 0.196 e. The number of aromatic nitrogens is 1. The lowest BCUT2D eigenvalue weighted by Gasteiger charge is -2.21. The number of nitrogens with zero attached hydrogens (tertiary/aromatic N) is 1. The molecule has 152 valence electrons. The number of aryl methyl sites for hydroxylation is 3. The maximum absolute atomic E-state index is 2.41. The molecule has 0 aliphatic heterocycles. The van der Waals surface area contributed by atoms with Crippen molar-refractivity contribution in [2.75, 3.05) is 0 Å². The lowest BCUT2D eigenvalue weighted by atomic mass is 9.84. The van der Waals surface area contributed by atoms with Gasteiger partial charge < -0.3 is 0 Å². The Morgan fingerprint density at radius 3 is 1.97 bits per heavy atom. The standard InChI is InChI=1S/C29H32N/c1-20-12-14-24-18-27(29(4,5)6)28(26(24)15-13-20)25-16-21(2)30(22(3)17-25)19-23-10-8-7-9-11-23/h7-18H,19H2,1-6H3/q+1. The molecule has 0 saturated heterocycles. The highest BCUT2D eigenvalue weighted by Gasteiger charge is 2.26. The summed E-state index contributed by atoms with van der Waals surface area (Å²) in [4.78, 5) is 0. The monoisotopic (exact) mass is 394 g/mol. The smallest absolute Gasteiger partial charge is 0.179 e. The molecule has 0 bridgehead atoms. The van der Waals surface area contributed by atoms with E-state index in [0.29, 0.717) is 0 Å². The number of hydrogen-bond acceptors (Lipinski definition) is 0. The molecule has 0 radical (unpaired) electrons. The van der Waals surface area contributed by atoms with Crippen molar-refractivity contribution in [1.29, 1.82) is 0 Å². The van der Waals surface area contributed by atoms with Gasteiger partial charge in [-0.25, -0.2) is 0 Å². The summed E-state index contributed by atoms with van der Waals surface area (Å²) < 4.78 is 2.41. The second-order valence-electron chi connectivity index (χ2n) is 9.56. The summed E-state index contributed by atoms with van der Waals surface area (Å²) in [5, 5.41) is 0. The molecule has 2 aliphatic carbocycles. The van der Waals surface area contributed by atoms with E-state index in [4.69, 9.17) is 0 Å². The molecule has 0 spiro atoms. The SMILES string of the molecule is Cc1ccc2cc(C(C)(C)C)c(-c3cc(C)[n+](Cc4ccccc4)c(C)c3)c-2cc1. The van der Waals surface area contributed by atoms with Gasteiger partial charge in [0.25, 0.3) is 0 Å². The molecule has 30 heavy (non-hydrogen) atoms. The van der Waals surface area contributed by atoms with Crippen LogP contribution in [0.1, 0.15) is 48.8 Å². The third-order valence-electron chi connectivity index (χ3n) is 6.05. The third-order valence-corrected chi connectivity index (χ3v) is 6.05. The van der Waals surface area contributed by atoms with Crippen LogP contribution >= 0.6 is 0 Å². The zero-order chi connectivity index (χ0) is 21.5. The summed E-state index contributed by atoms with van der Waals surface area (Å²) >= 11 is 0. The van der Waals surface area contributed by atoms with Crippen LogP contribution in [0.25, 0.3) is 22.3 Å². The Balaban J connectivity index is 1.89. The van der Waals surface area contributed by atoms with Crippen LogP contribution in [-0.4, -0.2) is 0 Å². The van der Waals surface area contributed by atoms with E-state index in [1.807, 2.05) is 0 Å². The van der Waals surface area contributed by atoms with Crippen LogP contribution in [0.3, 0.4) is 0 Å². The van der Waals surface area contributed by atoms with Crippen LogP contribution in [0.15, 0.2) is 72.8 Å². The van der Waals surface area contributed by atoms with Gasteiger partial charge in [-0.1, -0.05) is 80.9 Å². The molecule has 1 aromatic carbocycles. The van der Waals surface area contributed by atoms with Gasteiger partial charge in [0.2, 0.25) is 0 Å². The quantitative estimate of drug-likeness (QED) is 0.329. The predicted octanol–water partition coefficient (Wildman–Crippen LogP) is 7.02. The zero-order valence-electron chi connectivity index (χ0n) is 19.1. The van der Waals surface area contributed by atoms with E-state index < -0.39 is 0 Å². The van der Waals surface area contributed by atoms with Gasteiger partial charge in [0.1, 0.15) is 0 Å². The molecule has 1 heterocycles. The molecular formula is C29H32N+. The zero-order valence-corrected chi connectivity index (χ0v) is 19.1. The number of hydrogen-bond donors (Lipinski definition) is 0. The van der Waals surface area contributed by atoms with Crippen molar-refractivity contribution in [3.05, 3.63) is 101 Å². The van der Waals surface area contributed by atoms with Crippen LogP contribution in [0, 0.1) is 20.8 Å². The summed E-state index contributed by atoms with van der Waals surface area (Å²) in [6.45, 7) is 14.5. The molecule has 1 aromatic heterocycles. The maximum Gasteiger partial charge on any atom is 0.179 e. The van der Waals surface area contributed by atoms with Gasteiger partial charge in [-0.2, -0.15) is 4.57 Å². The molecule has 2 aromatic rings. The van der Waals surface area contributed by atoms with Gasteiger partial charge in [-0.15, -0.1) is 0 Å². The molecule has 0 saturated carbocycles. The Kier molecular flexibility index (Phi) is 5.24. The number of fused-ring (bicyclic) bond motifs is 1. The molecular weight excluding hydrogens is 362 g/mol. The lowest BCUT2D eigenvalue weighted by molar-refractivity contribution is -0.700. The van der Waals surface area contributed by atoms with Gasteiger partial charge in [0.15, 0.2) is 17.9 Å². The minimum absolute atomic E-state index is 0.0830. The topological polar surface area (TPSA) is 3.88 Å². The predicted molar refractivity (Wildman–Crippen MR) is 127 cm³/mol. The first-order valence-electron chi connectivity index (χ1n) is 10.8. The van der Waals surface area contributed by atoms with Crippen LogP contribution in [-0.2, 0) is 12.0 Å². The molecule has 0 amide bonds. The highest BCUT2D eigenvalue weighted by Crippen LogP contribution is 2.44. The second-order valence-corrected chi connectivity index (χ2v) is 9.56. The van der Waals surface area contributed by atoms with Crippen molar-refractivity contribution in [3.8, 4) is 22.3 Å². The Morgan fingerprint density at radius 1 is 0.700 bits per heavy atom. The van der Waals surface area contributed by atoms with E-state index in [1.54, 1.807) is 0 Å². The van der Waals surface area contributed by atoms with E-state index in [0.717, 1.165) is 6.54 Å². The maximum atomic E-state index is 2.41. The molecule has 0 atom stereocenters. The fraction of sp³-hybridized carbons (Fsp3) is 0.276. The number of pyridine rings is 1. The molecule has 1 nitrogen and oxygen atoms in total. The Morgan fingerprint density at radius 2 is 1.33 bits per heavy atom. The highest BCUT2D eigenvalue weighted by molar-refractivity contribution is 5.90. The molecule has 4 rings (SSSR count). The van der Waals surface area contributed by atoms with Crippen molar-refractivity contribution >= 4 is 0 Å². The average Bonchev–Trinajstić information content (AvgIpc) is 2.97. The minimum atomic E-state index is 0.0830. The van der Waals surface area contributed by atoms with Crippen molar-refractivity contribution in [2.45, 2.75) is 53.5 Å². The second kappa shape index (κ2) is 7.72. The van der Waals surface area contributed by atoms with E-state index in [1.165, 1.54) is 50.3 Å². The molecule has 0 unspecified atom stereocenters. The fourth-order valence-corrected chi connectivity index (χ4v) is 4.39. The average molecular weight is 395 g/mol. The van der Waals surface area contributed by atoms with Crippen LogP contribution in [0.5, 0.6) is 0 Å². The van der Waals surface area contributed by atoms with E-state index in [9.17, 15) is 0 Å². The first kappa shape index (κ1) is 20.3. The summed E-state index contributed by atoms with van der Waals surface area (Å²) in [6.07, 6.45) is 0. The lowest BCUT2D eigenvalue weighted by Crippen LogP contribution is -2.40. The van der Waals surface area contributed by atoms with E-state index in [2.05, 4.69) is 119 Å². The highest BCUT2D eigenvalue weighted by atomic mass is 15.0. The number of rotatable bonds is 3. The fourth-order valence-electron chi connectivity index (χ4n) is 4.39. The third kappa shape index (κ3) is 3.89. The van der Waals surface area contributed by atoms with Gasteiger partial charge >= 0.3 is 0 Å². The van der Waals surface area contributed by atoms with Crippen molar-refractivity contribution < 1.29 is 4.57 Å². The summed E-state index contributed by atoms with van der Waals surface area (Å²) in [6, 6.07) is 26.8. The van der Waals surface area contributed by atoms with Crippen molar-refractivity contribution in [1.82, 2.24) is 0 Å². The number of benzene rings is 1. The minimum Gasteiger partial charge on any atom is -0.196 e. The molecule has 0 fully saturated rings. The van der Waals surface area contributed by atoms with Gasteiger partial charge in [-0.3, -0.25) is 0 Å². The summed E-state index contributed by atoms with van der Waals surface area (Å²) in [7, 11) is 0. The first-order valence-corrected chi connectivity index (χ1v) is 10.8. The van der Waals surface area contributed by atoms with E-state index >= 15 is 0 Å². The van der Waals surface area contributed by atoms with Crippen molar-refractivity contribution in [2.24, 2.45) is 0 Å². The Labute approximate surface area is 181 Å². The van der Waals surface area contributed by atoms with Crippen LogP contribution in [0.4, 0.5) is 0 Å². The summed E-state index contributed by atoms with van der Waals surface area (Å²) in [5.41, 5.74) is 12.1. The first-order chi connectivity index (χ1) is 14.2. The normalized spacial score (nSPS) is 11.8. The Bertz CT molecular complexity index is 1140. The van der Waals surface area contributed by atoms with E-state index in [-0.39, 0.29) is 5.41 Å². The van der Waals surface area contributed by atoms with Crippen molar-refractivity contribution in [3.63, 3.8) is 0 Å². The van der Waals surface area contributed by atoms with Crippen LogP contribution < -0.4 is 4.57 Å². The molecule has 1 heteroatoms. The molecule has 0 N–H and O–H groups in total. The van der Waals surface area contributed by atoms with Gasteiger partial charge in [-0.05, 0) is 46.2 Å². The van der Waals surface area contributed by atoms with Gasteiger partial charge in [0.05, 0.1) is 0 Å².